The first-order valence-electron chi connectivity index (χ1n) is 7.87. The number of benzene rings is 1. The van der Waals surface area contributed by atoms with Gasteiger partial charge in [-0.05, 0) is 24.5 Å². The van der Waals surface area contributed by atoms with Crippen LogP contribution >= 0.6 is 0 Å². The molecule has 1 aromatic carbocycles. The lowest BCUT2D eigenvalue weighted by molar-refractivity contribution is 0.783. The number of hydrogen-bond acceptors (Lipinski definition) is 2. The SMILES string of the molecule is CCCNC(=NCc1cccc(Cn2ccnc2)c1)NCC. The van der Waals surface area contributed by atoms with Gasteiger partial charge in [0, 0.05) is 32.0 Å². The summed E-state index contributed by atoms with van der Waals surface area (Å²) in [6.45, 7) is 7.55. The Kier molecular flexibility index (Phi) is 6.48. The van der Waals surface area contributed by atoms with Crippen LogP contribution in [0.15, 0.2) is 48.0 Å². The number of nitrogens with one attached hydrogen (secondary N) is 2. The van der Waals surface area contributed by atoms with Gasteiger partial charge in [-0.2, -0.15) is 0 Å². The molecule has 0 amide bonds. The van der Waals surface area contributed by atoms with Crippen LogP contribution in [0.4, 0.5) is 0 Å². The van der Waals surface area contributed by atoms with Crippen molar-refractivity contribution in [1.29, 1.82) is 0 Å². The average molecular weight is 299 g/mol. The molecule has 0 aliphatic heterocycles. The van der Waals surface area contributed by atoms with E-state index in [4.69, 9.17) is 0 Å². The molecular weight excluding hydrogens is 274 g/mol. The van der Waals surface area contributed by atoms with E-state index in [2.05, 4.69) is 63.3 Å². The molecule has 1 heterocycles. The van der Waals surface area contributed by atoms with Gasteiger partial charge in [-0.1, -0.05) is 31.2 Å². The Morgan fingerprint density at radius 1 is 1.23 bits per heavy atom. The van der Waals surface area contributed by atoms with Crippen molar-refractivity contribution >= 4 is 5.96 Å². The molecule has 0 bridgehead atoms. The van der Waals surface area contributed by atoms with Crippen molar-refractivity contribution in [2.24, 2.45) is 4.99 Å². The summed E-state index contributed by atoms with van der Waals surface area (Å²) < 4.78 is 2.06. The van der Waals surface area contributed by atoms with Gasteiger partial charge in [0.05, 0.1) is 12.9 Å². The van der Waals surface area contributed by atoms with Crippen LogP contribution in [0.1, 0.15) is 31.4 Å². The van der Waals surface area contributed by atoms with Crippen LogP contribution in [0.25, 0.3) is 0 Å². The van der Waals surface area contributed by atoms with Crippen molar-refractivity contribution < 1.29 is 0 Å². The number of hydrogen-bond donors (Lipinski definition) is 2. The van der Waals surface area contributed by atoms with E-state index < -0.39 is 0 Å². The lowest BCUT2D eigenvalue weighted by atomic mass is 10.1. The van der Waals surface area contributed by atoms with Crippen LogP contribution in [-0.4, -0.2) is 28.6 Å². The van der Waals surface area contributed by atoms with Gasteiger partial charge in [0.1, 0.15) is 0 Å². The normalized spacial score (nSPS) is 11.5. The first-order chi connectivity index (χ1) is 10.8. The van der Waals surface area contributed by atoms with Gasteiger partial charge in [-0.15, -0.1) is 0 Å². The van der Waals surface area contributed by atoms with Crippen LogP contribution in [0.2, 0.25) is 0 Å². The second kappa shape index (κ2) is 8.87. The lowest BCUT2D eigenvalue weighted by Gasteiger charge is -2.10. The molecule has 0 saturated heterocycles. The smallest absolute Gasteiger partial charge is 0.191 e. The molecule has 2 aromatic rings. The maximum absolute atomic E-state index is 4.63. The van der Waals surface area contributed by atoms with Crippen molar-refractivity contribution in [2.75, 3.05) is 13.1 Å². The summed E-state index contributed by atoms with van der Waals surface area (Å²) in [5, 5.41) is 6.58. The summed E-state index contributed by atoms with van der Waals surface area (Å²) in [6.07, 6.45) is 6.70. The van der Waals surface area contributed by atoms with E-state index in [1.165, 1.54) is 11.1 Å². The third-order valence-corrected chi connectivity index (χ3v) is 3.22. The minimum Gasteiger partial charge on any atom is -0.357 e. The Morgan fingerprint density at radius 3 is 2.82 bits per heavy atom. The zero-order valence-electron chi connectivity index (χ0n) is 13.4. The largest absolute Gasteiger partial charge is 0.357 e. The first kappa shape index (κ1) is 16.1. The molecule has 2 rings (SSSR count). The highest BCUT2D eigenvalue weighted by molar-refractivity contribution is 5.79. The molecule has 5 heteroatoms. The number of aliphatic imine (C=N–C) groups is 1. The number of nitrogens with zero attached hydrogens (tertiary/aromatic N) is 3. The number of rotatable bonds is 7. The standard InChI is InChI=1S/C17H25N5/c1-3-8-20-17(19-4-2)21-12-15-6-5-7-16(11-15)13-22-10-9-18-14-22/h5-7,9-11,14H,3-4,8,12-13H2,1-2H3,(H2,19,20,21). The summed E-state index contributed by atoms with van der Waals surface area (Å²) in [6, 6.07) is 8.54. The maximum Gasteiger partial charge on any atom is 0.191 e. The van der Waals surface area contributed by atoms with Crippen LogP contribution in [0, 0.1) is 0 Å². The summed E-state index contributed by atoms with van der Waals surface area (Å²) in [4.78, 5) is 8.71. The molecule has 0 spiro atoms. The monoisotopic (exact) mass is 299 g/mol. The Labute approximate surface area is 132 Å². The van der Waals surface area contributed by atoms with Crippen molar-refractivity contribution in [2.45, 2.75) is 33.4 Å². The van der Waals surface area contributed by atoms with E-state index in [0.29, 0.717) is 6.54 Å². The van der Waals surface area contributed by atoms with Gasteiger partial charge >= 0.3 is 0 Å². The van der Waals surface area contributed by atoms with E-state index in [-0.39, 0.29) is 0 Å². The Hall–Kier alpha value is -2.30. The van der Waals surface area contributed by atoms with E-state index in [0.717, 1.165) is 32.0 Å². The van der Waals surface area contributed by atoms with Crippen LogP contribution in [0.3, 0.4) is 0 Å². The van der Waals surface area contributed by atoms with Crippen molar-refractivity contribution in [3.8, 4) is 0 Å². The Morgan fingerprint density at radius 2 is 2.09 bits per heavy atom. The van der Waals surface area contributed by atoms with Gasteiger partial charge in [-0.3, -0.25) is 0 Å². The minimum atomic E-state index is 0.677. The van der Waals surface area contributed by atoms with Crippen molar-refractivity contribution in [3.05, 3.63) is 54.1 Å². The van der Waals surface area contributed by atoms with Crippen LogP contribution in [0.5, 0.6) is 0 Å². The fourth-order valence-electron chi connectivity index (χ4n) is 2.17. The number of imidazole rings is 1. The summed E-state index contributed by atoms with van der Waals surface area (Å²) in [7, 11) is 0. The average Bonchev–Trinajstić information content (AvgIpc) is 3.03. The number of aromatic nitrogens is 2. The van der Waals surface area contributed by atoms with Crippen molar-refractivity contribution in [1.82, 2.24) is 20.2 Å². The van der Waals surface area contributed by atoms with Gasteiger partial charge in [0.25, 0.3) is 0 Å². The molecule has 0 fully saturated rings. The fraction of sp³-hybridized carbons (Fsp3) is 0.412. The summed E-state index contributed by atoms with van der Waals surface area (Å²) in [5.41, 5.74) is 2.48. The second-order valence-electron chi connectivity index (χ2n) is 5.18. The zero-order valence-corrected chi connectivity index (χ0v) is 13.4. The summed E-state index contributed by atoms with van der Waals surface area (Å²) >= 11 is 0. The molecule has 0 atom stereocenters. The maximum atomic E-state index is 4.63. The molecule has 0 aliphatic carbocycles. The van der Waals surface area contributed by atoms with Crippen LogP contribution < -0.4 is 10.6 Å². The zero-order chi connectivity index (χ0) is 15.6. The van der Waals surface area contributed by atoms with E-state index >= 15 is 0 Å². The first-order valence-corrected chi connectivity index (χ1v) is 7.87. The topological polar surface area (TPSA) is 54.2 Å². The Bertz CT molecular complexity index is 574. The lowest BCUT2D eigenvalue weighted by Crippen LogP contribution is -2.37. The third kappa shape index (κ3) is 5.24. The molecule has 1 aromatic heterocycles. The molecule has 0 aliphatic rings. The fourth-order valence-corrected chi connectivity index (χ4v) is 2.17. The number of guanidine groups is 1. The summed E-state index contributed by atoms with van der Waals surface area (Å²) in [5.74, 6) is 0.879. The van der Waals surface area contributed by atoms with E-state index in [1.807, 2.05) is 12.5 Å². The molecule has 22 heavy (non-hydrogen) atoms. The second-order valence-corrected chi connectivity index (χ2v) is 5.18. The highest BCUT2D eigenvalue weighted by Crippen LogP contribution is 2.08. The molecule has 5 nitrogen and oxygen atoms in total. The van der Waals surface area contributed by atoms with Gasteiger partial charge < -0.3 is 15.2 Å². The van der Waals surface area contributed by atoms with Crippen molar-refractivity contribution in [3.63, 3.8) is 0 Å². The minimum absolute atomic E-state index is 0.677. The predicted molar refractivity (Wildman–Crippen MR) is 90.9 cm³/mol. The highest BCUT2D eigenvalue weighted by atomic mass is 15.2. The molecule has 0 radical (unpaired) electrons. The predicted octanol–water partition coefficient (Wildman–Crippen LogP) is 2.40. The third-order valence-electron chi connectivity index (χ3n) is 3.22. The quantitative estimate of drug-likeness (QED) is 0.610. The molecule has 118 valence electrons. The molecule has 0 unspecified atom stereocenters. The Balaban J connectivity index is 1.99. The van der Waals surface area contributed by atoms with Gasteiger partial charge in [-0.25, -0.2) is 9.98 Å². The van der Waals surface area contributed by atoms with Crippen LogP contribution in [-0.2, 0) is 13.1 Å². The van der Waals surface area contributed by atoms with E-state index in [1.54, 1.807) is 6.20 Å². The van der Waals surface area contributed by atoms with E-state index in [9.17, 15) is 0 Å². The molecule has 2 N–H and O–H groups in total. The molecule has 0 saturated carbocycles. The van der Waals surface area contributed by atoms with Gasteiger partial charge in [0.2, 0.25) is 0 Å². The molecular formula is C17H25N5. The highest BCUT2D eigenvalue weighted by Gasteiger charge is 1.99. The van der Waals surface area contributed by atoms with Gasteiger partial charge in [0.15, 0.2) is 5.96 Å².